The van der Waals surface area contributed by atoms with Crippen molar-refractivity contribution in [2.45, 2.75) is 25.1 Å². The van der Waals surface area contributed by atoms with Gasteiger partial charge in [0.2, 0.25) is 5.89 Å². The van der Waals surface area contributed by atoms with Crippen molar-refractivity contribution in [3.8, 4) is 28.3 Å². The molecule has 0 aliphatic carbocycles. The Bertz CT molecular complexity index is 1240. The van der Waals surface area contributed by atoms with E-state index < -0.39 is 18.7 Å². The zero-order valence-corrected chi connectivity index (χ0v) is 22.0. The van der Waals surface area contributed by atoms with Crippen molar-refractivity contribution in [1.29, 1.82) is 0 Å². The largest absolute Gasteiger partial charge is 1.00 e. The Labute approximate surface area is 231 Å². The van der Waals surface area contributed by atoms with Crippen LogP contribution in [0.3, 0.4) is 0 Å². The second-order valence-corrected chi connectivity index (χ2v) is 8.60. The van der Waals surface area contributed by atoms with Gasteiger partial charge in [0, 0.05) is 24.2 Å². The first-order valence-electron chi connectivity index (χ1n) is 11.5. The molecule has 1 fully saturated rings. The van der Waals surface area contributed by atoms with Crippen LogP contribution in [-0.2, 0) is 11.3 Å². The number of nitrogens with zero attached hydrogens (tertiary/aromatic N) is 2. The third-order valence-electron chi connectivity index (χ3n) is 6.03. The minimum atomic E-state index is -1.27. The fourth-order valence-corrected chi connectivity index (χ4v) is 4.48. The smallest absolute Gasteiger partial charge is 0.546 e. The van der Waals surface area contributed by atoms with Gasteiger partial charge in [-0.05, 0) is 24.1 Å². The van der Waals surface area contributed by atoms with Crippen molar-refractivity contribution in [3.05, 3.63) is 96.4 Å². The maximum Gasteiger partial charge on any atom is 1.00 e. The number of benzene rings is 3. The van der Waals surface area contributed by atoms with E-state index in [9.17, 15) is 15.0 Å². The molecule has 3 aromatic carbocycles. The topological polar surface area (TPSA) is 98.9 Å². The van der Waals surface area contributed by atoms with E-state index in [4.69, 9.17) is 14.1 Å². The molecule has 1 aliphatic rings. The van der Waals surface area contributed by atoms with E-state index in [-0.39, 0.29) is 35.6 Å². The second-order valence-electron chi connectivity index (χ2n) is 8.60. The summed E-state index contributed by atoms with van der Waals surface area (Å²) in [7, 11) is 0. The summed E-state index contributed by atoms with van der Waals surface area (Å²) >= 11 is 0. The van der Waals surface area contributed by atoms with Crippen molar-refractivity contribution in [1.82, 2.24) is 9.88 Å². The molecule has 0 unspecified atom stereocenters. The average Bonchev–Trinajstić information content (AvgIpc) is 3.48. The van der Waals surface area contributed by atoms with Gasteiger partial charge in [0.05, 0.1) is 18.1 Å². The number of carbonyl (C=O) groups is 1. The molecule has 4 aromatic rings. The van der Waals surface area contributed by atoms with E-state index in [1.54, 1.807) is 12.1 Å². The average molecular weight is 493 g/mol. The molecule has 0 amide bonds. The van der Waals surface area contributed by atoms with Crippen LogP contribution in [0, 0.1) is 0 Å². The monoisotopic (exact) mass is 492 g/mol. The summed E-state index contributed by atoms with van der Waals surface area (Å²) in [6.45, 7) is 0.488. The number of aliphatic carboxylic acids is 1. The Morgan fingerprint density at radius 3 is 2.42 bits per heavy atom. The number of carboxylic acid groups (broad SMARTS) is 1. The zero-order valence-electron chi connectivity index (χ0n) is 20.0. The van der Waals surface area contributed by atoms with Crippen LogP contribution in [0.5, 0.6) is 5.75 Å². The second kappa shape index (κ2) is 11.9. The van der Waals surface area contributed by atoms with Crippen molar-refractivity contribution < 1.29 is 53.7 Å². The number of hydrogen-bond acceptors (Lipinski definition) is 7. The van der Waals surface area contributed by atoms with Crippen LogP contribution in [-0.4, -0.2) is 40.2 Å². The van der Waals surface area contributed by atoms with Crippen molar-refractivity contribution in [2.75, 3.05) is 13.2 Å². The molecule has 1 aliphatic heterocycles. The Balaban J connectivity index is 0.00000304. The van der Waals surface area contributed by atoms with Gasteiger partial charge >= 0.3 is 29.6 Å². The number of hydrogen-bond donors (Lipinski definition) is 1. The van der Waals surface area contributed by atoms with Crippen LogP contribution in [0.15, 0.2) is 89.3 Å². The molecular weight excluding hydrogens is 467 g/mol. The molecule has 2 heterocycles. The van der Waals surface area contributed by atoms with Gasteiger partial charge in [-0.2, -0.15) is 0 Å². The van der Waals surface area contributed by atoms with E-state index in [1.807, 2.05) is 72.8 Å². The van der Waals surface area contributed by atoms with E-state index >= 15 is 0 Å². The summed E-state index contributed by atoms with van der Waals surface area (Å²) in [6.07, 6.45) is -0.00566. The number of likely N-dealkylation sites (tertiary alicyclic amines) is 1. The molecule has 0 radical (unpaired) electrons. The molecule has 5 rings (SSSR count). The Kier molecular flexibility index (Phi) is 8.61. The number of rotatable bonds is 8. The van der Waals surface area contributed by atoms with Crippen LogP contribution < -0.4 is 39.4 Å². The summed E-state index contributed by atoms with van der Waals surface area (Å²) in [5, 5.41) is 21.2. The van der Waals surface area contributed by atoms with Crippen LogP contribution in [0.4, 0.5) is 0 Å². The predicted molar refractivity (Wildman–Crippen MR) is 128 cm³/mol. The molecule has 1 saturated heterocycles. The van der Waals surface area contributed by atoms with Gasteiger partial charge in [0.1, 0.15) is 18.1 Å². The zero-order chi connectivity index (χ0) is 24.2. The van der Waals surface area contributed by atoms with Crippen LogP contribution in [0.1, 0.15) is 23.9 Å². The number of aromatic nitrogens is 1. The molecule has 178 valence electrons. The van der Waals surface area contributed by atoms with Crippen LogP contribution in [0.2, 0.25) is 0 Å². The summed E-state index contributed by atoms with van der Waals surface area (Å²) in [5.41, 5.74) is 3.60. The molecule has 2 atom stereocenters. The molecule has 1 aromatic heterocycles. The number of β-amino-alcohol motifs (C(OH)–C–C–N with tert-alkyl or cyclic N) is 1. The van der Waals surface area contributed by atoms with Crippen molar-refractivity contribution in [2.24, 2.45) is 0 Å². The fraction of sp³-hybridized carbons (Fsp3) is 0.214. The molecule has 7 nitrogen and oxygen atoms in total. The summed E-state index contributed by atoms with van der Waals surface area (Å²) in [6, 6.07) is 26.8. The van der Waals surface area contributed by atoms with Gasteiger partial charge in [0.15, 0.2) is 5.76 Å². The maximum atomic E-state index is 10.7. The number of oxazole rings is 1. The SMILES string of the molecule is O=C([O-])COc1cccc(CN2C[C@@H](O)C[C@H]2c2nc(-c3ccccc3)c(-c3ccccc3)o2)c1.[Na+]. The van der Waals surface area contributed by atoms with Crippen LogP contribution in [0.25, 0.3) is 22.6 Å². The molecule has 1 N–H and O–H groups in total. The molecular formula is C28H25N2NaO5. The first-order chi connectivity index (χ1) is 17.1. The van der Waals surface area contributed by atoms with Crippen molar-refractivity contribution >= 4 is 5.97 Å². The number of ether oxygens (including phenoxy) is 1. The molecule has 0 bridgehead atoms. The number of aliphatic hydroxyl groups is 1. The number of carbonyl (C=O) groups excluding carboxylic acids is 1. The summed E-state index contributed by atoms with van der Waals surface area (Å²) in [5.74, 6) is 0.441. The van der Waals surface area contributed by atoms with E-state index in [0.717, 1.165) is 22.4 Å². The van der Waals surface area contributed by atoms with Gasteiger partial charge in [-0.3, -0.25) is 4.90 Å². The Hall–Kier alpha value is -2.94. The van der Waals surface area contributed by atoms with E-state index in [1.165, 1.54) is 0 Å². The quantitative estimate of drug-likeness (QED) is 0.357. The van der Waals surface area contributed by atoms with Crippen molar-refractivity contribution in [3.63, 3.8) is 0 Å². The third-order valence-corrected chi connectivity index (χ3v) is 6.03. The van der Waals surface area contributed by atoms with E-state index in [0.29, 0.717) is 36.9 Å². The number of aliphatic hydroxyl groups excluding tert-OH is 1. The minimum absolute atomic E-state index is 0. The van der Waals surface area contributed by atoms with Gasteiger partial charge in [-0.1, -0.05) is 72.8 Å². The first kappa shape index (κ1) is 26.1. The number of carboxylic acids is 1. The van der Waals surface area contributed by atoms with E-state index in [2.05, 4.69) is 4.90 Å². The maximum absolute atomic E-state index is 10.7. The third kappa shape index (κ3) is 6.06. The van der Waals surface area contributed by atoms with Gasteiger partial charge in [0.25, 0.3) is 0 Å². The van der Waals surface area contributed by atoms with Gasteiger partial charge in [-0.25, -0.2) is 4.98 Å². The normalized spacial score (nSPS) is 17.5. The summed E-state index contributed by atoms with van der Waals surface area (Å²) < 4.78 is 11.6. The van der Waals surface area contributed by atoms with Gasteiger partial charge in [-0.15, -0.1) is 0 Å². The van der Waals surface area contributed by atoms with Gasteiger partial charge < -0.3 is 24.2 Å². The molecule has 8 heteroatoms. The fourth-order valence-electron chi connectivity index (χ4n) is 4.48. The standard InChI is InChI=1S/C28H26N2O5.Na/c31-22-15-24(30(17-22)16-19-8-7-13-23(14-19)34-18-25(32)33)28-29-26(20-9-3-1-4-10-20)27(35-28)21-11-5-2-6-12-21;/h1-14,22,24,31H,15-18H2,(H,32,33);/q;+1/p-1/t22-,24-;/m0./s1. The predicted octanol–water partition coefficient (Wildman–Crippen LogP) is 0.449. The Morgan fingerprint density at radius 1 is 1.03 bits per heavy atom. The Morgan fingerprint density at radius 2 is 1.72 bits per heavy atom. The van der Waals surface area contributed by atoms with Crippen LogP contribution >= 0.6 is 0 Å². The summed E-state index contributed by atoms with van der Waals surface area (Å²) in [4.78, 5) is 17.8. The first-order valence-corrected chi connectivity index (χ1v) is 11.5. The molecule has 36 heavy (non-hydrogen) atoms. The minimum Gasteiger partial charge on any atom is -0.546 e. The molecule has 0 saturated carbocycles. The molecule has 0 spiro atoms.